The maximum absolute atomic E-state index is 6.18. The Morgan fingerprint density at radius 3 is 0.964 bits per heavy atom. The standard InChI is InChI=1S/C25H52O3/c1-7-10-13-16-19-22(4)26-25(27-23(5)20-17-14-11-8-2)28-24(6)21-18-15-12-9-3/h22-25H,7-21H2,1-6H3. The van der Waals surface area contributed by atoms with Gasteiger partial charge in [0.05, 0.1) is 18.3 Å². The second kappa shape index (κ2) is 20.2. The first-order valence-electron chi connectivity index (χ1n) is 12.5. The second-order valence-corrected chi connectivity index (χ2v) is 8.68. The van der Waals surface area contributed by atoms with Crippen molar-refractivity contribution < 1.29 is 14.2 Å². The predicted molar refractivity (Wildman–Crippen MR) is 122 cm³/mol. The van der Waals surface area contributed by atoms with Crippen molar-refractivity contribution in [2.45, 2.75) is 163 Å². The van der Waals surface area contributed by atoms with Crippen LogP contribution in [0.3, 0.4) is 0 Å². The minimum atomic E-state index is -0.525. The Bertz CT molecular complexity index is 261. The lowest BCUT2D eigenvalue weighted by Crippen LogP contribution is -2.32. The van der Waals surface area contributed by atoms with Crippen LogP contribution in [0.2, 0.25) is 0 Å². The van der Waals surface area contributed by atoms with Crippen LogP contribution in [-0.2, 0) is 14.2 Å². The summed E-state index contributed by atoms with van der Waals surface area (Å²) in [5.74, 6) is 0. The molecule has 170 valence electrons. The van der Waals surface area contributed by atoms with Crippen molar-refractivity contribution in [1.29, 1.82) is 0 Å². The SMILES string of the molecule is CCCCCCC(C)OC(OC(C)CCCCCC)OC(C)CCCCCC. The highest BCUT2D eigenvalue weighted by Crippen LogP contribution is 2.18. The van der Waals surface area contributed by atoms with Crippen molar-refractivity contribution in [3.05, 3.63) is 0 Å². The molecular formula is C25H52O3. The van der Waals surface area contributed by atoms with E-state index in [4.69, 9.17) is 14.2 Å². The van der Waals surface area contributed by atoms with Crippen LogP contribution in [0.5, 0.6) is 0 Å². The van der Waals surface area contributed by atoms with Crippen LogP contribution in [0.15, 0.2) is 0 Å². The van der Waals surface area contributed by atoms with Gasteiger partial charge in [0.15, 0.2) is 0 Å². The van der Waals surface area contributed by atoms with Crippen LogP contribution in [-0.4, -0.2) is 24.8 Å². The lowest BCUT2D eigenvalue weighted by Gasteiger charge is -2.28. The molecule has 0 rings (SSSR count). The lowest BCUT2D eigenvalue weighted by atomic mass is 10.1. The van der Waals surface area contributed by atoms with Gasteiger partial charge in [0.25, 0.3) is 6.48 Å². The summed E-state index contributed by atoms with van der Waals surface area (Å²) in [6.45, 7) is 12.7. The van der Waals surface area contributed by atoms with Crippen LogP contribution < -0.4 is 0 Å². The number of rotatable bonds is 21. The Morgan fingerprint density at radius 2 is 0.714 bits per heavy atom. The summed E-state index contributed by atoms with van der Waals surface area (Å²) >= 11 is 0. The first-order valence-corrected chi connectivity index (χ1v) is 12.5. The Hall–Kier alpha value is -0.120. The zero-order chi connectivity index (χ0) is 21.0. The van der Waals surface area contributed by atoms with Gasteiger partial charge in [0, 0.05) is 0 Å². The summed E-state index contributed by atoms with van der Waals surface area (Å²) in [5.41, 5.74) is 0. The molecule has 0 heterocycles. The molecule has 0 aromatic rings. The van der Waals surface area contributed by atoms with Crippen molar-refractivity contribution in [2.24, 2.45) is 0 Å². The van der Waals surface area contributed by atoms with E-state index >= 15 is 0 Å². The zero-order valence-electron chi connectivity index (χ0n) is 20.1. The monoisotopic (exact) mass is 400 g/mol. The Labute approximate surface area is 177 Å². The average Bonchev–Trinajstić information content (AvgIpc) is 2.66. The quantitative estimate of drug-likeness (QED) is 0.143. The Balaban J connectivity index is 4.38. The molecule has 0 aromatic heterocycles. The van der Waals surface area contributed by atoms with Gasteiger partial charge in [-0.25, -0.2) is 0 Å². The molecule has 0 aliphatic carbocycles. The third-order valence-electron chi connectivity index (χ3n) is 5.42. The van der Waals surface area contributed by atoms with E-state index in [1.165, 1.54) is 77.0 Å². The summed E-state index contributed by atoms with van der Waals surface area (Å²) in [4.78, 5) is 0. The first-order chi connectivity index (χ1) is 13.5. The fraction of sp³-hybridized carbons (Fsp3) is 1.00. The molecule has 0 spiro atoms. The van der Waals surface area contributed by atoms with Crippen LogP contribution in [0, 0.1) is 0 Å². The molecule has 0 radical (unpaired) electrons. The van der Waals surface area contributed by atoms with Crippen molar-refractivity contribution in [3.63, 3.8) is 0 Å². The summed E-state index contributed by atoms with van der Waals surface area (Å²) in [7, 11) is 0. The molecule has 3 nitrogen and oxygen atoms in total. The number of hydrogen-bond donors (Lipinski definition) is 0. The molecule has 3 heteroatoms. The van der Waals surface area contributed by atoms with Crippen molar-refractivity contribution in [3.8, 4) is 0 Å². The molecule has 0 aliphatic heterocycles. The molecular weight excluding hydrogens is 348 g/mol. The van der Waals surface area contributed by atoms with E-state index in [1.807, 2.05) is 0 Å². The van der Waals surface area contributed by atoms with E-state index in [2.05, 4.69) is 41.5 Å². The minimum absolute atomic E-state index is 0.182. The highest BCUT2D eigenvalue weighted by Gasteiger charge is 2.20. The van der Waals surface area contributed by atoms with Crippen molar-refractivity contribution in [1.82, 2.24) is 0 Å². The van der Waals surface area contributed by atoms with Crippen molar-refractivity contribution in [2.75, 3.05) is 0 Å². The maximum Gasteiger partial charge on any atom is 0.272 e. The molecule has 28 heavy (non-hydrogen) atoms. The predicted octanol–water partition coefficient (Wildman–Crippen LogP) is 8.40. The van der Waals surface area contributed by atoms with Gasteiger partial charge in [-0.05, 0) is 40.0 Å². The molecule has 0 fully saturated rings. The second-order valence-electron chi connectivity index (χ2n) is 8.68. The van der Waals surface area contributed by atoms with Gasteiger partial charge in [-0.2, -0.15) is 0 Å². The van der Waals surface area contributed by atoms with Gasteiger partial charge in [-0.1, -0.05) is 97.8 Å². The van der Waals surface area contributed by atoms with Gasteiger partial charge < -0.3 is 14.2 Å². The Kier molecular flexibility index (Phi) is 20.1. The van der Waals surface area contributed by atoms with Crippen LogP contribution in [0.4, 0.5) is 0 Å². The molecule has 0 amide bonds. The van der Waals surface area contributed by atoms with Gasteiger partial charge in [-0.3, -0.25) is 0 Å². The molecule has 0 aromatic carbocycles. The van der Waals surface area contributed by atoms with Gasteiger partial charge in [0.1, 0.15) is 0 Å². The third-order valence-corrected chi connectivity index (χ3v) is 5.42. The summed E-state index contributed by atoms with van der Waals surface area (Å²) in [5, 5.41) is 0. The van der Waals surface area contributed by atoms with Crippen molar-refractivity contribution >= 4 is 0 Å². The van der Waals surface area contributed by atoms with Crippen LogP contribution in [0.25, 0.3) is 0 Å². The number of unbranched alkanes of at least 4 members (excludes halogenated alkanes) is 9. The fourth-order valence-electron chi connectivity index (χ4n) is 3.45. The van der Waals surface area contributed by atoms with Crippen LogP contribution in [0.1, 0.15) is 138 Å². The van der Waals surface area contributed by atoms with E-state index in [1.54, 1.807) is 0 Å². The number of hydrogen-bond acceptors (Lipinski definition) is 3. The van der Waals surface area contributed by atoms with E-state index in [9.17, 15) is 0 Å². The van der Waals surface area contributed by atoms with E-state index in [-0.39, 0.29) is 18.3 Å². The highest BCUT2D eigenvalue weighted by atomic mass is 16.8. The summed E-state index contributed by atoms with van der Waals surface area (Å²) in [6.07, 6.45) is 19.1. The topological polar surface area (TPSA) is 27.7 Å². The Morgan fingerprint density at radius 1 is 0.429 bits per heavy atom. The van der Waals surface area contributed by atoms with Gasteiger partial charge >= 0.3 is 0 Å². The maximum atomic E-state index is 6.18. The van der Waals surface area contributed by atoms with Gasteiger partial charge in [0.2, 0.25) is 0 Å². The fourth-order valence-corrected chi connectivity index (χ4v) is 3.45. The molecule has 0 bridgehead atoms. The highest BCUT2D eigenvalue weighted by molar-refractivity contribution is 4.57. The van der Waals surface area contributed by atoms with Gasteiger partial charge in [-0.15, -0.1) is 0 Å². The molecule has 3 atom stereocenters. The lowest BCUT2D eigenvalue weighted by molar-refractivity contribution is -0.329. The largest absolute Gasteiger partial charge is 0.327 e. The normalized spacial score (nSPS) is 16.1. The van der Waals surface area contributed by atoms with E-state index in [0.29, 0.717) is 0 Å². The van der Waals surface area contributed by atoms with E-state index in [0.717, 1.165) is 19.3 Å². The molecule has 0 aliphatic rings. The molecule has 3 unspecified atom stereocenters. The molecule has 0 saturated carbocycles. The van der Waals surface area contributed by atoms with E-state index < -0.39 is 6.48 Å². The first kappa shape index (κ1) is 27.9. The number of ether oxygens (including phenoxy) is 3. The summed E-state index contributed by atoms with van der Waals surface area (Å²) in [6, 6.07) is 0. The molecule has 0 saturated heterocycles. The summed E-state index contributed by atoms with van der Waals surface area (Å²) < 4.78 is 18.5. The minimum Gasteiger partial charge on any atom is -0.327 e. The van der Waals surface area contributed by atoms with Crippen LogP contribution >= 0.6 is 0 Å². The smallest absolute Gasteiger partial charge is 0.272 e. The third kappa shape index (κ3) is 17.9. The average molecular weight is 401 g/mol. The molecule has 0 N–H and O–H groups in total. The zero-order valence-corrected chi connectivity index (χ0v) is 20.1.